The Morgan fingerprint density at radius 3 is 2.74 bits per heavy atom. The molecule has 1 aliphatic rings. The van der Waals surface area contributed by atoms with Crippen molar-refractivity contribution in [2.45, 2.75) is 49.8 Å². The van der Waals surface area contributed by atoms with Gasteiger partial charge in [0.25, 0.3) is 5.69 Å². The molecular formula is C15H20BrNO2. The molecule has 0 saturated heterocycles. The molecule has 1 saturated carbocycles. The van der Waals surface area contributed by atoms with Gasteiger partial charge in [-0.3, -0.25) is 10.1 Å². The Bertz CT molecular complexity index is 436. The highest BCUT2D eigenvalue weighted by molar-refractivity contribution is 9.09. The van der Waals surface area contributed by atoms with Crippen molar-refractivity contribution in [3.63, 3.8) is 0 Å². The Labute approximate surface area is 122 Å². The molecule has 0 spiro atoms. The van der Waals surface area contributed by atoms with Crippen molar-refractivity contribution < 1.29 is 4.92 Å². The van der Waals surface area contributed by atoms with Gasteiger partial charge in [0.2, 0.25) is 0 Å². The number of nitro benzene ring substituents is 1. The van der Waals surface area contributed by atoms with Crippen LogP contribution in [0, 0.1) is 16.0 Å². The number of rotatable bonds is 4. The monoisotopic (exact) mass is 325 g/mol. The van der Waals surface area contributed by atoms with E-state index < -0.39 is 0 Å². The van der Waals surface area contributed by atoms with Crippen LogP contribution in [0.15, 0.2) is 24.3 Å². The third-order valence-electron chi connectivity index (χ3n) is 4.04. The summed E-state index contributed by atoms with van der Waals surface area (Å²) in [5, 5.41) is 11.0. The maximum Gasteiger partial charge on any atom is 0.272 e. The average molecular weight is 326 g/mol. The molecule has 0 amide bonds. The molecule has 2 atom stereocenters. The number of alkyl halides is 1. The molecule has 0 aliphatic heterocycles. The van der Waals surface area contributed by atoms with Gasteiger partial charge in [-0.25, -0.2) is 0 Å². The van der Waals surface area contributed by atoms with Gasteiger partial charge < -0.3 is 0 Å². The van der Waals surface area contributed by atoms with Gasteiger partial charge in [0, 0.05) is 16.5 Å². The zero-order valence-corrected chi connectivity index (χ0v) is 12.6. The normalized spacial score (nSPS) is 23.8. The van der Waals surface area contributed by atoms with Gasteiger partial charge in [-0.2, -0.15) is 0 Å². The van der Waals surface area contributed by atoms with Crippen molar-refractivity contribution in [1.29, 1.82) is 0 Å². The molecule has 4 heteroatoms. The highest BCUT2D eigenvalue weighted by Gasteiger charge is 2.22. The molecule has 1 aromatic rings. The van der Waals surface area contributed by atoms with Gasteiger partial charge in [0.15, 0.2) is 0 Å². The number of hydrogen-bond donors (Lipinski definition) is 0. The van der Waals surface area contributed by atoms with E-state index in [4.69, 9.17) is 0 Å². The number of benzene rings is 1. The lowest BCUT2D eigenvalue weighted by atomic mass is 9.92. The topological polar surface area (TPSA) is 43.1 Å². The third kappa shape index (κ3) is 4.03. The van der Waals surface area contributed by atoms with Crippen LogP contribution in [-0.4, -0.2) is 9.75 Å². The molecule has 0 N–H and O–H groups in total. The zero-order chi connectivity index (χ0) is 13.7. The van der Waals surface area contributed by atoms with Crippen molar-refractivity contribution in [3.8, 4) is 0 Å². The van der Waals surface area contributed by atoms with Crippen molar-refractivity contribution in [1.82, 2.24) is 0 Å². The smallest absolute Gasteiger partial charge is 0.258 e. The maximum atomic E-state index is 11.0. The summed E-state index contributed by atoms with van der Waals surface area (Å²) in [7, 11) is 0. The molecule has 1 fully saturated rings. The van der Waals surface area contributed by atoms with E-state index in [1.54, 1.807) is 12.1 Å². The molecule has 0 aromatic heterocycles. The van der Waals surface area contributed by atoms with Crippen LogP contribution in [0.2, 0.25) is 0 Å². The van der Waals surface area contributed by atoms with Crippen molar-refractivity contribution in [2.75, 3.05) is 0 Å². The van der Waals surface area contributed by atoms with E-state index in [2.05, 4.69) is 15.9 Å². The number of nitro groups is 1. The predicted octanol–water partition coefficient (Wildman–Crippen LogP) is 4.87. The van der Waals surface area contributed by atoms with E-state index in [1.807, 2.05) is 12.1 Å². The molecule has 19 heavy (non-hydrogen) atoms. The largest absolute Gasteiger partial charge is 0.272 e. The summed E-state index contributed by atoms with van der Waals surface area (Å²) in [5.41, 5.74) is 1.14. The molecule has 0 heterocycles. The van der Waals surface area contributed by atoms with Gasteiger partial charge in [0.1, 0.15) is 0 Å². The number of para-hydroxylation sites is 1. The first-order valence-corrected chi connectivity index (χ1v) is 7.96. The van der Waals surface area contributed by atoms with E-state index in [0.29, 0.717) is 10.7 Å². The highest BCUT2D eigenvalue weighted by Crippen LogP contribution is 2.32. The minimum absolute atomic E-state index is 0.266. The van der Waals surface area contributed by atoms with Crippen molar-refractivity contribution in [3.05, 3.63) is 39.9 Å². The van der Waals surface area contributed by atoms with Gasteiger partial charge in [0.05, 0.1) is 4.92 Å². The quantitative estimate of drug-likeness (QED) is 0.343. The zero-order valence-electron chi connectivity index (χ0n) is 11.1. The summed E-state index contributed by atoms with van der Waals surface area (Å²) in [4.78, 5) is 11.3. The van der Waals surface area contributed by atoms with Crippen LogP contribution in [0.1, 0.15) is 44.1 Å². The van der Waals surface area contributed by atoms with Crippen LogP contribution >= 0.6 is 15.9 Å². The first-order valence-electron chi connectivity index (χ1n) is 7.05. The standard InChI is InChI=1S/C15H20BrNO2/c16-14-8-3-1-2-6-12(14)10-11-13-7-4-5-9-15(13)17(18)19/h4-5,7,9,12,14H,1-3,6,8,10-11H2. The Kier molecular flexibility index (Phi) is 5.37. The Hall–Kier alpha value is -0.900. The predicted molar refractivity (Wildman–Crippen MR) is 80.7 cm³/mol. The Morgan fingerprint density at radius 2 is 1.95 bits per heavy atom. The summed E-state index contributed by atoms with van der Waals surface area (Å²) in [6.07, 6.45) is 8.26. The van der Waals surface area contributed by atoms with Crippen molar-refractivity contribution >= 4 is 21.6 Å². The van der Waals surface area contributed by atoms with E-state index in [-0.39, 0.29) is 10.6 Å². The van der Waals surface area contributed by atoms with Crippen LogP contribution in [0.5, 0.6) is 0 Å². The van der Waals surface area contributed by atoms with Gasteiger partial charge in [-0.15, -0.1) is 0 Å². The summed E-state index contributed by atoms with van der Waals surface area (Å²) in [6.45, 7) is 0. The fourth-order valence-corrected chi connectivity index (χ4v) is 3.76. The molecule has 104 valence electrons. The molecule has 0 radical (unpaired) electrons. The number of nitrogens with zero attached hydrogens (tertiary/aromatic N) is 1. The second-order valence-electron chi connectivity index (χ2n) is 5.34. The second kappa shape index (κ2) is 7.04. The molecule has 3 nitrogen and oxygen atoms in total. The fraction of sp³-hybridized carbons (Fsp3) is 0.600. The summed E-state index contributed by atoms with van der Waals surface area (Å²) >= 11 is 3.79. The molecular weight excluding hydrogens is 306 g/mol. The van der Waals surface area contributed by atoms with Crippen LogP contribution in [0.3, 0.4) is 0 Å². The van der Waals surface area contributed by atoms with E-state index in [9.17, 15) is 10.1 Å². The summed E-state index contributed by atoms with van der Waals surface area (Å²) in [5.74, 6) is 0.655. The lowest BCUT2D eigenvalue weighted by molar-refractivity contribution is -0.385. The Morgan fingerprint density at radius 1 is 1.21 bits per heavy atom. The number of hydrogen-bond acceptors (Lipinski definition) is 2. The lowest BCUT2D eigenvalue weighted by Gasteiger charge is -2.19. The van der Waals surface area contributed by atoms with E-state index >= 15 is 0 Å². The molecule has 1 aromatic carbocycles. The number of aryl methyl sites for hydroxylation is 1. The molecule has 2 unspecified atom stereocenters. The lowest BCUT2D eigenvalue weighted by Crippen LogP contribution is -2.14. The third-order valence-corrected chi connectivity index (χ3v) is 5.24. The number of halogens is 1. The molecule has 2 rings (SSSR count). The van der Waals surface area contributed by atoms with Crippen LogP contribution in [0.4, 0.5) is 5.69 Å². The summed E-state index contributed by atoms with van der Waals surface area (Å²) < 4.78 is 0. The van der Waals surface area contributed by atoms with Gasteiger partial charge in [-0.05, 0) is 31.6 Å². The minimum atomic E-state index is -0.270. The van der Waals surface area contributed by atoms with E-state index in [0.717, 1.165) is 18.4 Å². The van der Waals surface area contributed by atoms with Crippen LogP contribution in [-0.2, 0) is 6.42 Å². The summed E-state index contributed by atoms with van der Waals surface area (Å²) in [6, 6.07) is 7.12. The van der Waals surface area contributed by atoms with E-state index in [1.165, 1.54) is 32.1 Å². The van der Waals surface area contributed by atoms with Crippen LogP contribution in [0.25, 0.3) is 0 Å². The fourth-order valence-electron chi connectivity index (χ4n) is 2.91. The first kappa shape index (κ1) is 14.5. The average Bonchev–Trinajstić information content (AvgIpc) is 2.61. The SMILES string of the molecule is O=[N+]([O-])c1ccccc1CCC1CCCCCC1Br. The molecule has 1 aliphatic carbocycles. The van der Waals surface area contributed by atoms with Crippen LogP contribution < -0.4 is 0 Å². The second-order valence-corrected chi connectivity index (χ2v) is 6.51. The molecule has 0 bridgehead atoms. The minimum Gasteiger partial charge on any atom is -0.258 e. The maximum absolute atomic E-state index is 11.0. The van der Waals surface area contributed by atoms with Crippen molar-refractivity contribution in [2.24, 2.45) is 5.92 Å². The van der Waals surface area contributed by atoms with Gasteiger partial charge in [-0.1, -0.05) is 53.4 Å². The highest BCUT2D eigenvalue weighted by atomic mass is 79.9. The first-order chi connectivity index (χ1) is 9.18. The van der Waals surface area contributed by atoms with Gasteiger partial charge >= 0.3 is 0 Å². The Balaban J connectivity index is 1.99.